The summed E-state index contributed by atoms with van der Waals surface area (Å²) in [6.07, 6.45) is 0. The number of carboxylic acids is 1. The maximum absolute atomic E-state index is 10.6. The number of hydrogen-bond acceptors (Lipinski definition) is 4. The third-order valence-corrected chi connectivity index (χ3v) is 3.45. The lowest BCUT2D eigenvalue weighted by Gasteiger charge is -2.09. The smallest absolute Gasteiger partial charge is 0.313 e. The molecule has 2 aromatic rings. The zero-order chi connectivity index (χ0) is 13.1. The monoisotopic (exact) mass is 283 g/mol. The summed E-state index contributed by atoms with van der Waals surface area (Å²) in [6.45, 7) is 1.79. The Balaban J connectivity index is 2.41. The van der Waals surface area contributed by atoms with Crippen LogP contribution < -0.4 is 0 Å². The molecular formula is C11H10ClN3O2S. The number of nitrogens with zero attached hydrogens (tertiary/aromatic N) is 3. The minimum atomic E-state index is -0.897. The molecule has 0 radical (unpaired) electrons. The van der Waals surface area contributed by atoms with Gasteiger partial charge in [-0.15, -0.1) is 10.2 Å². The minimum Gasteiger partial charge on any atom is -0.481 e. The average Bonchev–Trinajstić information content (AvgIpc) is 2.69. The maximum Gasteiger partial charge on any atom is 0.313 e. The molecule has 0 aliphatic carbocycles. The molecule has 1 aromatic heterocycles. The number of hydrogen-bond donors (Lipinski definition) is 1. The summed E-state index contributed by atoms with van der Waals surface area (Å²) in [6, 6.07) is 7.29. The van der Waals surface area contributed by atoms with E-state index in [1.165, 1.54) is 0 Å². The number of halogens is 1. The fraction of sp³-hybridized carbons (Fsp3) is 0.182. The topological polar surface area (TPSA) is 68.0 Å². The number of aromatic nitrogens is 3. The molecule has 18 heavy (non-hydrogen) atoms. The van der Waals surface area contributed by atoms with E-state index in [4.69, 9.17) is 16.7 Å². The summed E-state index contributed by atoms with van der Waals surface area (Å²) in [5.74, 6) is -0.301. The molecule has 1 N–H and O–H groups in total. The second-order valence-electron chi connectivity index (χ2n) is 3.50. The lowest BCUT2D eigenvalue weighted by atomic mass is 10.3. The molecule has 2 rings (SSSR count). The predicted octanol–water partition coefficient (Wildman–Crippen LogP) is 2.41. The molecule has 0 atom stereocenters. The Kier molecular flexibility index (Phi) is 3.88. The zero-order valence-corrected chi connectivity index (χ0v) is 11.1. The Morgan fingerprint density at radius 2 is 2.17 bits per heavy atom. The van der Waals surface area contributed by atoms with E-state index in [1.807, 2.05) is 18.2 Å². The Hall–Kier alpha value is -1.53. The van der Waals surface area contributed by atoms with Crippen LogP contribution in [0.2, 0.25) is 5.02 Å². The van der Waals surface area contributed by atoms with Crippen LogP contribution in [0, 0.1) is 6.92 Å². The molecule has 0 saturated heterocycles. The van der Waals surface area contributed by atoms with E-state index in [0.717, 1.165) is 17.4 Å². The van der Waals surface area contributed by atoms with Gasteiger partial charge in [0.05, 0.1) is 16.5 Å². The fourth-order valence-electron chi connectivity index (χ4n) is 1.47. The van der Waals surface area contributed by atoms with Gasteiger partial charge in [0.1, 0.15) is 5.82 Å². The normalized spacial score (nSPS) is 10.6. The second kappa shape index (κ2) is 5.41. The van der Waals surface area contributed by atoms with Crippen LogP contribution in [0.4, 0.5) is 0 Å². The number of rotatable bonds is 4. The number of carboxylic acid groups (broad SMARTS) is 1. The van der Waals surface area contributed by atoms with E-state index in [2.05, 4.69) is 10.2 Å². The van der Waals surface area contributed by atoms with Gasteiger partial charge in [0.2, 0.25) is 0 Å². The molecule has 0 saturated carbocycles. The summed E-state index contributed by atoms with van der Waals surface area (Å²) >= 11 is 7.23. The van der Waals surface area contributed by atoms with Crippen LogP contribution in [0.25, 0.3) is 5.69 Å². The van der Waals surface area contributed by atoms with Crippen molar-refractivity contribution >= 4 is 29.3 Å². The van der Waals surface area contributed by atoms with Gasteiger partial charge in [-0.25, -0.2) is 0 Å². The Morgan fingerprint density at radius 3 is 2.83 bits per heavy atom. The van der Waals surface area contributed by atoms with Gasteiger partial charge < -0.3 is 5.11 Å². The van der Waals surface area contributed by atoms with Crippen LogP contribution in [-0.4, -0.2) is 31.6 Å². The zero-order valence-electron chi connectivity index (χ0n) is 9.50. The minimum absolute atomic E-state index is 0.0669. The SMILES string of the molecule is Cc1nnc(SCC(=O)O)n1-c1ccccc1Cl. The van der Waals surface area contributed by atoms with Gasteiger partial charge in [-0.1, -0.05) is 35.5 Å². The van der Waals surface area contributed by atoms with Crippen LogP contribution in [0.1, 0.15) is 5.82 Å². The van der Waals surface area contributed by atoms with Crippen molar-refractivity contribution in [1.29, 1.82) is 0 Å². The van der Waals surface area contributed by atoms with Gasteiger partial charge in [0.25, 0.3) is 0 Å². The lowest BCUT2D eigenvalue weighted by Crippen LogP contribution is -2.03. The first-order valence-corrected chi connectivity index (χ1v) is 6.47. The number of para-hydroxylation sites is 1. The Labute approximate surface area is 113 Å². The number of carbonyl (C=O) groups is 1. The summed E-state index contributed by atoms with van der Waals surface area (Å²) in [4.78, 5) is 10.6. The highest BCUT2D eigenvalue weighted by molar-refractivity contribution is 7.99. The first kappa shape index (κ1) is 12.9. The second-order valence-corrected chi connectivity index (χ2v) is 4.85. The van der Waals surface area contributed by atoms with Crippen LogP contribution in [-0.2, 0) is 4.79 Å². The maximum atomic E-state index is 10.6. The van der Waals surface area contributed by atoms with Crippen molar-refractivity contribution in [2.24, 2.45) is 0 Å². The van der Waals surface area contributed by atoms with E-state index in [9.17, 15) is 4.79 Å². The largest absolute Gasteiger partial charge is 0.481 e. The van der Waals surface area contributed by atoms with Gasteiger partial charge >= 0.3 is 5.97 Å². The molecule has 1 aromatic carbocycles. The fourth-order valence-corrected chi connectivity index (χ4v) is 2.40. The van der Waals surface area contributed by atoms with Crippen LogP contribution >= 0.6 is 23.4 Å². The average molecular weight is 284 g/mol. The summed E-state index contributed by atoms with van der Waals surface area (Å²) in [5, 5.41) is 17.7. The van der Waals surface area contributed by atoms with E-state index in [1.54, 1.807) is 17.6 Å². The van der Waals surface area contributed by atoms with Crippen molar-refractivity contribution in [2.75, 3.05) is 5.75 Å². The highest BCUT2D eigenvalue weighted by Gasteiger charge is 2.14. The number of thioether (sulfide) groups is 1. The van der Waals surface area contributed by atoms with Crippen molar-refractivity contribution in [3.8, 4) is 5.69 Å². The van der Waals surface area contributed by atoms with Crippen LogP contribution in [0.5, 0.6) is 0 Å². The molecule has 0 spiro atoms. The van der Waals surface area contributed by atoms with Gasteiger partial charge in [-0.2, -0.15) is 0 Å². The molecule has 0 amide bonds. The van der Waals surface area contributed by atoms with Crippen molar-refractivity contribution in [3.63, 3.8) is 0 Å². The first-order chi connectivity index (χ1) is 8.59. The molecule has 0 aliphatic heterocycles. The highest BCUT2D eigenvalue weighted by Crippen LogP contribution is 2.26. The molecule has 1 heterocycles. The van der Waals surface area contributed by atoms with Crippen molar-refractivity contribution in [3.05, 3.63) is 35.1 Å². The number of aryl methyl sites for hydroxylation is 1. The number of aliphatic carboxylic acids is 1. The predicted molar refractivity (Wildman–Crippen MR) is 69.5 cm³/mol. The highest BCUT2D eigenvalue weighted by atomic mass is 35.5. The molecule has 94 valence electrons. The summed E-state index contributed by atoms with van der Waals surface area (Å²) in [7, 11) is 0. The molecule has 0 fully saturated rings. The number of benzene rings is 1. The van der Waals surface area contributed by atoms with Gasteiger partial charge in [-0.3, -0.25) is 9.36 Å². The summed E-state index contributed by atoms with van der Waals surface area (Å²) in [5.41, 5.74) is 0.745. The van der Waals surface area contributed by atoms with Crippen molar-refractivity contribution in [2.45, 2.75) is 12.1 Å². The Bertz CT molecular complexity index is 585. The molecular weight excluding hydrogens is 274 g/mol. The van der Waals surface area contributed by atoms with Gasteiger partial charge in [0.15, 0.2) is 5.16 Å². The molecule has 0 aliphatic rings. The van der Waals surface area contributed by atoms with Crippen LogP contribution in [0.15, 0.2) is 29.4 Å². The molecule has 5 nitrogen and oxygen atoms in total. The molecule has 7 heteroatoms. The quantitative estimate of drug-likeness (QED) is 0.873. The van der Waals surface area contributed by atoms with Crippen molar-refractivity contribution in [1.82, 2.24) is 14.8 Å². The standard InChI is InChI=1S/C11H10ClN3O2S/c1-7-13-14-11(18-6-10(16)17)15(7)9-5-3-2-4-8(9)12/h2-5H,6H2,1H3,(H,16,17). The van der Waals surface area contributed by atoms with E-state index in [0.29, 0.717) is 16.0 Å². The van der Waals surface area contributed by atoms with E-state index < -0.39 is 5.97 Å². The van der Waals surface area contributed by atoms with Gasteiger partial charge in [-0.05, 0) is 19.1 Å². The third-order valence-electron chi connectivity index (χ3n) is 2.21. The molecule has 0 bridgehead atoms. The first-order valence-electron chi connectivity index (χ1n) is 5.11. The van der Waals surface area contributed by atoms with E-state index >= 15 is 0 Å². The summed E-state index contributed by atoms with van der Waals surface area (Å²) < 4.78 is 1.75. The molecule has 0 unspecified atom stereocenters. The lowest BCUT2D eigenvalue weighted by molar-refractivity contribution is -0.133. The van der Waals surface area contributed by atoms with Crippen LogP contribution in [0.3, 0.4) is 0 Å². The van der Waals surface area contributed by atoms with Gasteiger partial charge in [0, 0.05) is 0 Å². The van der Waals surface area contributed by atoms with Crippen molar-refractivity contribution < 1.29 is 9.90 Å². The Morgan fingerprint density at radius 1 is 1.44 bits per heavy atom. The van der Waals surface area contributed by atoms with E-state index in [-0.39, 0.29) is 5.75 Å². The third kappa shape index (κ3) is 2.65.